The molecule has 1 aromatic heterocycles. The number of benzene rings is 1. The second-order valence-electron chi connectivity index (χ2n) is 4.50. The minimum atomic E-state index is 0.141. The topological polar surface area (TPSA) is 43.6 Å². The van der Waals surface area contributed by atoms with Gasteiger partial charge in [0.25, 0.3) is 0 Å². The minimum Gasteiger partial charge on any atom is -0.486 e. The fraction of sp³-hybridized carbons (Fsp3) is 0.333. The van der Waals surface area contributed by atoms with Crippen LogP contribution in [0.3, 0.4) is 0 Å². The maximum atomic E-state index is 5.76. The van der Waals surface area contributed by atoms with Gasteiger partial charge in [0.05, 0.1) is 6.26 Å². The first kappa shape index (κ1) is 12.1. The van der Waals surface area contributed by atoms with E-state index in [1.165, 1.54) is 0 Å². The number of furan rings is 1. The van der Waals surface area contributed by atoms with Crippen LogP contribution in [0.2, 0.25) is 0 Å². The maximum Gasteiger partial charge on any atom is 0.166 e. The molecule has 0 aliphatic carbocycles. The molecule has 100 valence electrons. The normalized spacial score (nSPS) is 15.2. The Kier molecular flexibility index (Phi) is 3.42. The summed E-state index contributed by atoms with van der Waals surface area (Å²) in [5, 5.41) is 3.31. The lowest BCUT2D eigenvalue weighted by molar-refractivity contribution is 0.168. The van der Waals surface area contributed by atoms with Crippen LogP contribution in [0.1, 0.15) is 17.4 Å². The van der Waals surface area contributed by atoms with Crippen LogP contribution >= 0.6 is 0 Å². The summed E-state index contributed by atoms with van der Waals surface area (Å²) in [5.41, 5.74) is 1.11. The third-order valence-electron chi connectivity index (χ3n) is 3.31. The first-order chi connectivity index (χ1) is 9.38. The highest BCUT2D eigenvalue weighted by molar-refractivity contribution is 5.49. The van der Waals surface area contributed by atoms with Gasteiger partial charge in [0.15, 0.2) is 11.5 Å². The number of likely N-dealkylation sites (N-methyl/N-ethyl adjacent to an activating group) is 1. The molecule has 4 heteroatoms. The molecule has 19 heavy (non-hydrogen) atoms. The average Bonchev–Trinajstić information content (AvgIpc) is 2.97. The lowest BCUT2D eigenvalue weighted by atomic mass is 10.0. The molecule has 2 heterocycles. The van der Waals surface area contributed by atoms with Crippen LogP contribution in [0.15, 0.2) is 41.0 Å². The molecule has 1 aliphatic heterocycles. The molecule has 0 saturated heterocycles. The van der Waals surface area contributed by atoms with E-state index in [2.05, 4.69) is 11.4 Å². The Hall–Kier alpha value is -1.94. The number of fused-ring (bicyclic) bond motifs is 1. The molecule has 1 aliphatic rings. The smallest absolute Gasteiger partial charge is 0.166 e. The summed E-state index contributed by atoms with van der Waals surface area (Å²) >= 11 is 0. The number of para-hydroxylation sites is 1. The van der Waals surface area contributed by atoms with E-state index in [4.69, 9.17) is 13.9 Å². The van der Waals surface area contributed by atoms with Gasteiger partial charge in [-0.1, -0.05) is 12.1 Å². The summed E-state index contributed by atoms with van der Waals surface area (Å²) < 4.78 is 16.8. The van der Waals surface area contributed by atoms with E-state index in [1.807, 2.05) is 31.3 Å². The van der Waals surface area contributed by atoms with Gasteiger partial charge in [-0.3, -0.25) is 0 Å². The monoisotopic (exact) mass is 259 g/mol. The largest absolute Gasteiger partial charge is 0.486 e. The van der Waals surface area contributed by atoms with Gasteiger partial charge < -0.3 is 19.2 Å². The van der Waals surface area contributed by atoms with Crippen molar-refractivity contribution in [2.45, 2.75) is 12.5 Å². The Labute approximate surface area is 112 Å². The standard InChI is InChI=1S/C15H17NO3/c1-16-13(10-11-4-3-7-17-11)12-5-2-6-14-15(12)19-9-8-18-14/h2-7,13,16H,8-10H2,1H3. The van der Waals surface area contributed by atoms with Gasteiger partial charge in [0.2, 0.25) is 0 Å². The Bertz CT molecular complexity index is 536. The highest BCUT2D eigenvalue weighted by Gasteiger charge is 2.21. The fourth-order valence-electron chi connectivity index (χ4n) is 2.37. The SMILES string of the molecule is CNC(Cc1ccco1)c1cccc2c1OCCO2. The summed E-state index contributed by atoms with van der Waals surface area (Å²) in [6, 6.07) is 10.0. The average molecular weight is 259 g/mol. The quantitative estimate of drug-likeness (QED) is 0.916. The number of rotatable bonds is 4. The Morgan fingerprint density at radius 1 is 1.16 bits per heavy atom. The maximum absolute atomic E-state index is 5.76. The summed E-state index contributed by atoms with van der Waals surface area (Å²) in [6.07, 6.45) is 2.48. The number of hydrogen-bond acceptors (Lipinski definition) is 4. The number of hydrogen-bond donors (Lipinski definition) is 1. The molecule has 0 spiro atoms. The second kappa shape index (κ2) is 5.36. The molecule has 3 rings (SSSR count). The van der Waals surface area contributed by atoms with Crippen molar-refractivity contribution >= 4 is 0 Å². The predicted molar refractivity (Wildman–Crippen MR) is 71.6 cm³/mol. The molecule has 1 aromatic carbocycles. The van der Waals surface area contributed by atoms with Crippen molar-refractivity contribution < 1.29 is 13.9 Å². The lowest BCUT2D eigenvalue weighted by Crippen LogP contribution is -2.22. The van der Waals surface area contributed by atoms with E-state index in [-0.39, 0.29) is 6.04 Å². The molecule has 1 N–H and O–H groups in total. The molecule has 4 nitrogen and oxygen atoms in total. The van der Waals surface area contributed by atoms with Gasteiger partial charge in [0, 0.05) is 18.0 Å². The highest BCUT2D eigenvalue weighted by Crippen LogP contribution is 2.37. The van der Waals surface area contributed by atoms with Crippen LogP contribution in [0.25, 0.3) is 0 Å². The molecule has 1 atom stereocenters. The Morgan fingerprint density at radius 2 is 2.05 bits per heavy atom. The van der Waals surface area contributed by atoms with Gasteiger partial charge in [-0.25, -0.2) is 0 Å². The van der Waals surface area contributed by atoms with Crippen molar-refractivity contribution in [2.75, 3.05) is 20.3 Å². The summed E-state index contributed by atoms with van der Waals surface area (Å²) in [7, 11) is 1.94. The fourth-order valence-corrected chi connectivity index (χ4v) is 2.37. The van der Waals surface area contributed by atoms with Crippen LogP contribution in [-0.4, -0.2) is 20.3 Å². The minimum absolute atomic E-state index is 0.141. The van der Waals surface area contributed by atoms with Gasteiger partial charge in [-0.2, -0.15) is 0 Å². The van der Waals surface area contributed by atoms with Crippen molar-refractivity contribution in [1.82, 2.24) is 5.32 Å². The van der Waals surface area contributed by atoms with E-state index >= 15 is 0 Å². The van der Waals surface area contributed by atoms with Gasteiger partial charge >= 0.3 is 0 Å². The third kappa shape index (κ3) is 2.44. The first-order valence-electron chi connectivity index (χ1n) is 6.46. The van der Waals surface area contributed by atoms with E-state index in [9.17, 15) is 0 Å². The summed E-state index contributed by atoms with van der Waals surface area (Å²) in [6.45, 7) is 1.21. The van der Waals surface area contributed by atoms with Crippen molar-refractivity contribution in [3.8, 4) is 11.5 Å². The predicted octanol–water partition coefficient (Wildman–Crippen LogP) is 2.55. The van der Waals surface area contributed by atoms with Crippen LogP contribution in [0, 0.1) is 0 Å². The molecule has 0 amide bonds. The van der Waals surface area contributed by atoms with Crippen molar-refractivity contribution in [3.63, 3.8) is 0 Å². The van der Waals surface area contributed by atoms with Crippen molar-refractivity contribution in [3.05, 3.63) is 47.9 Å². The van der Waals surface area contributed by atoms with E-state index in [1.54, 1.807) is 6.26 Å². The zero-order valence-corrected chi connectivity index (χ0v) is 10.9. The molecule has 2 aromatic rings. The molecule has 0 saturated carbocycles. The van der Waals surface area contributed by atoms with E-state index in [0.717, 1.165) is 29.2 Å². The van der Waals surface area contributed by atoms with E-state index in [0.29, 0.717) is 13.2 Å². The van der Waals surface area contributed by atoms with Gasteiger partial charge in [0.1, 0.15) is 19.0 Å². The molecule has 1 unspecified atom stereocenters. The summed E-state index contributed by atoms with van der Waals surface area (Å²) in [5.74, 6) is 2.62. The van der Waals surface area contributed by atoms with Crippen LogP contribution in [-0.2, 0) is 6.42 Å². The first-order valence-corrected chi connectivity index (χ1v) is 6.46. The molecular formula is C15H17NO3. The zero-order chi connectivity index (χ0) is 13.1. The number of ether oxygens (including phenoxy) is 2. The Morgan fingerprint density at radius 3 is 2.84 bits per heavy atom. The lowest BCUT2D eigenvalue weighted by Gasteiger charge is -2.24. The highest BCUT2D eigenvalue weighted by atomic mass is 16.6. The second-order valence-corrected chi connectivity index (χ2v) is 4.50. The van der Waals surface area contributed by atoms with Crippen LogP contribution in [0.4, 0.5) is 0 Å². The molecular weight excluding hydrogens is 242 g/mol. The van der Waals surface area contributed by atoms with Crippen LogP contribution in [0.5, 0.6) is 11.5 Å². The molecule has 0 radical (unpaired) electrons. The van der Waals surface area contributed by atoms with Gasteiger partial charge in [-0.05, 0) is 25.2 Å². The Balaban J connectivity index is 1.90. The van der Waals surface area contributed by atoms with Gasteiger partial charge in [-0.15, -0.1) is 0 Å². The van der Waals surface area contributed by atoms with E-state index < -0.39 is 0 Å². The third-order valence-corrected chi connectivity index (χ3v) is 3.31. The summed E-state index contributed by atoms with van der Waals surface area (Å²) in [4.78, 5) is 0. The molecule has 0 bridgehead atoms. The molecule has 0 fully saturated rings. The van der Waals surface area contributed by atoms with Crippen LogP contribution < -0.4 is 14.8 Å². The number of nitrogens with one attached hydrogen (secondary N) is 1. The van der Waals surface area contributed by atoms with Crippen molar-refractivity contribution in [2.24, 2.45) is 0 Å². The van der Waals surface area contributed by atoms with Crippen molar-refractivity contribution in [1.29, 1.82) is 0 Å². The zero-order valence-electron chi connectivity index (χ0n) is 10.9.